The number of methoxy groups -OCH3 is 1. The lowest BCUT2D eigenvalue weighted by Gasteiger charge is -2.09. The van der Waals surface area contributed by atoms with Gasteiger partial charge in [-0.2, -0.15) is 5.10 Å². The number of benzene rings is 2. The second-order valence-electron chi connectivity index (χ2n) is 5.57. The summed E-state index contributed by atoms with van der Waals surface area (Å²) in [5.41, 5.74) is 1.66. The highest BCUT2D eigenvalue weighted by atomic mass is 16.5. The van der Waals surface area contributed by atoms with Crippen LogP contribution >= 0.6 is 0 Å². The Morgan fingerprint density at radius 2 is 1.81 bits per heavy atom. The van der Waals surface area contributed by atoms with Crippen molar-refractivity contribution >= 4 is 5.91 Å². The maximum absolute atomic E-state index is 12.2. The number of carbonyl (C=O) groups is 1. The standard InChI is InChI=1S/C19H20N4O3/c1-25-17-6-8-18(9-7-17)26-11-10-21-19(24)16-4-2-15(3-5-16)12-23-14-20-13-22-23/h2-9,13-14H,10-12H2,1H3,(H,21,24). The molecule has 1 heterocycles. The van der Waals surface area contributed by atoms with Crippen LogP contribution in [0.5, 0.6) is 11.5 Å². The molecule has 1 amide bonds. The smallest absolute Gasteiger partial charge is 0.251 e. The highest BCUT2D eigenvalue weighted by molar-refractivity contribution is 5.94. The molecule has 0 atom stereocenters. The Labute approximate surface area is 151 Å². The van der Waals surface area contributed by atoms with E-state index in [1.165, 1.54) is 6.33 Å². The fraction of sp³-hybridized carbons (Fsp3) is 0.211. The number of nitrogens with zero attached hydrogens (tertiary/aromatic N) is 3. The van der Waals surface area contributed by atoms with Gasteiger partial charge in [0.15, 0.2) is 0 Å². The summed E-state index contributed by atoms with van der Waals surface area (Å²) in [5.74, 6) is 1.38. The Balaban J connectivity index is 1.42. The molecule has 134 valence electrons. The van der Waals surface area contributed by atoms with Gasteiger partial charge in [-0.25, -0.2) is 9.67 Å². The number of hydrogen-bond acceptors (Lipinski definition) is 5. The quantitative estimate of drug-likeness (QED) is 0.629. The molecule has 0 bridgehead atoms. The molecule has 7 heteroatoms. The van der Waals surface area contributed by atoms with Gasteiger partial charge in [0, 0.05) is 5.56 Å². The molecule has 0 unspecified atom stereocenters. The Kier molecular flexibility index (Phi) is 5.82. The first-order chi connectivity index (χ1) is 12.7. The zero-order valence-corrected chi connectivity index (χ0v) is 14.5. The van der Waals surface area contributed by atoms with E-state index in [-0.39, 0.29) is 5.91 Å². The molecular formula is C19H20N4O3. The molecule has 3 aromatic rings. The van der Waals surface area contributed by atoms with Crippen LogP contribution in [-0.4, -0.2) is 40.9 Å². The molecule has 1 aromatic heterocycles. The normalized spacial score (nSPS) is 10.3. The average molecular weight is 352 g/mol. The number of aromatic nitrogens is 3. The molecular weight excluding hydrogens is 332 g/mol. The van der Waals surface area contributed by atoms with Crippen LogP contribution in [-0.2, 0) is 6.54 Å². The van der Waals surface area contributed by atoms with E-state index in [0.717, 1.165) is 17.1 Å². The maximum Gasteiger partial charge on any atom is 0.251 e. The monoisotopic (exact) mass is 352 g/mol. The Bertz CT molecular complexity index is 815. The van der Waals surface area contributed by atoms with Crippen LogP contribution in [0.3, 0.4) is 0 Å². The van der Waals surface area contributed by atoms with Crippen molar-refractivity contribution in [3.8, 4) is 11.5 Å². The van der Waals surface area contributed by atoms with Crippen LogP contribution in [0.25, 0.3) is 0 Å². The molecule has 0 radical (unpaired) electrons. The van der Waals surface area contributed by atoms with Crippen molar-refractivity contribution in [1.82, 2.24) is 20.1 Å². The molecule has 0 spiro atoms. The van der Waals surface area contributed by atoms with Crippen molar-refractivity contribution in [3.63, 3.8) is 0 Å². The lowest BCUT2D eigenvalue weighted by molar-refractivity contribution is 0.0947. The molecule has 7 nitrogen and oxygen atoms in total. The minimum Gasteiger partial charge on any atom is -0.497 e. The van der Waals surface area contributed by atoms with Gasteiger partial charge in [-0.05, 0) is 42.0 Å². The highest BCUT2D eigenvalue weighted by Crippen LogP contribution is 2.16. The second kappa shape index (κ2) is 8.66. The van der Waals surface area contributed by atoms with E-state index in [9.17, 15) is 4.79 Å². The average Bonchev–Trinajstić information content (AvgIpc) is 3.19. The summed E-state index contributed by atoms with van der Waals surface area (Å²) >= 11 is 0. The summed E-state index contributed by atoms with van der Waals surface area (Å²) in [4.78, 5) is 16.1. The van der Waals surface area contributed by atoms with E-state index in [2.05, 4.69) is 15.4 Å². The first kappa shape index (κ1) is 17.5. The lowest BCUT2D eigenvalue weighted by Crippen LogP contribution is -2.28. The topological polar surface area (TPSA) is 78.3 Å². The largest absolute Gasteiger partial charge is 0.497 e. The summed E-state index contributed by atoms with van der Waals surface area (Å²) in [6.07, 6.45) is 3.15. The van der Waals surface area contributed by atoms with Crippen LogP contribution in [0.1, 0.15) is 15.9 Å². The number of nitrogens with one attached hydrogen (secondary N) is 1. The number of hydrogen-bond donors (Lipinski definition) is 1. The van der Waals surface area contributed by atoms with Gasteiger partial charge < -0.3 is 14.8 Å². The van der Waals surface area contributed by atoms with Crippen molar-refractivity contribution in [3.05, 3.63) is 72.3 Å². The fourth-order valence-electron chi connectivity index (χ4n) is 2.37. The molecule has 0 aliphatic heterocycles. The summed E-state index contributed by atoms with van der Waals surface area (Å²) < 4.78 is 12.4. The van der Waals surface area contributed by atoms with Gasteiger partial charge in [0.1, 0.15) is 30.8 Å². The third-order valence-electron chi connectivity index (χ3n) is 3.74. The Hall–Kier alpha value is -3.35. The van der Waals surface area contributed by atoms with Crippen molar-refractivity contribution in [2.45, 2.75) is 6.54 Å². The van der Waals surface area contributed by atoms with Crippen molar-refractivity contribution in [2.24, 2.45) is 0 Å². The van der Waals surface area contributed by atoms with Gasteiger partial charge in [-0.3, -0.25) is 4.79 Å². The molecule has 0 aliphatic rings. The van der Waals surface area contributed by atoms with Crippen LogP contribution in [0, 0.1) is 0 Å². The predicted octanol–water partition coefficient (Wildman–Crippen LogP) is 2.14. The minimum absolute atomic E-state index is 0.129. The third kappa shape index (κ3) is 4.83. The van der Waals surface area contributed by atoms with Crippen molar-refractivity contribution < 1.29 is 14.3 Å². The highest BCUT2D eigenvalue weighted by Gasteiger charge is 2.05. The lowest BCUT2D eigenvalue weighted by atomic mass is 10.1. The first-order valence-corrected chi connectivity index (χ1v) is 8.21. The van der Waals surface area contributed by atoms with E-state index in [1.807, 2.05) is 36.4 Å². The molecule has 1 N–H and O–H groups in total. The zero-order chi connectivity index (χ0) is 18.2. The molecule has 3 rings (SSSR count). The number of ether oxygens (including phenoxy) is 2. The third-order valence-corrected chi connectivity index (χ3v) is 3.74. The van der Waals surface area contributed by atoms with Gasteiger partial charge in [0.25, 0.3) is 5.91 Å². The van der Waals surface area contributed by atoms with Crippen molar-refractivity contribution in [1.29, 1.82) is 0 Å². The van der Waals surface area contributed by atoms with E-state index in [0.29, 0.717) is 25.3 Å². The minimum atomic E-state index is -0.129. The van der Waals surface area contributed by atoms with E-state index < -0.39 is 0 Å². The van der Waals surface area contributed by atoms with Gasteiger partial charge in [-0.1, -0.05) is 12.1 Å². The fourth-order valence-corrected chi connectivity index (χ4v) is 2.37. The summed E-state index contributed by atoms with van der Waals surface area (Å²) in [5, 5.41) is 6.90. The van der Waals surface area contributed by atoms with Crippen LogP contribution in [0.15, 0.2) is 61.2 Å². The van der Waals surface area contributed by atoms with E-state index in [1.54, 1.807) is 30.3 Å². The molecule has 0 saturated heterocycles. The summed E-state index contributed by atoms with van der Waals surface area (Å²) in [6, 6.07) is 14.7. The van der Waals surface area contributed by atoms with Gasteiger partial charge in [0.2, 0.25) is 0 Å². The molecule has 2 aromatic carbocycles. The molecule has 0 saturated carbocycles. The van der Waals surface area contributed by atoms with Crippen LogP contribution < -0.4 is 14.8 Å². The van der Waals surface area contributed by atoms with Crippen molar-refractivity contribution in [2.75, 3.05) is 20.3 Å². The van der Waals surface area contributed by atoms with E-state index >= 15 is 0 Å². The van der Waals surface area contributed by atoms with E-state index in [4.69, 9.17) is 9.47 Å². The van der Waals surface area contributed by atoms with Crippen LogP contribution in [0.4, 0.5) is 0 Å². The molecule has 0 aliphatic carbocycles. The first-order valence-electron chi connectivity index (χ1n) is 8.21. The summed E-state index contributed by atoms with van der Waals surface area (Å²) in [6.45, 7) is 1.44. The number of amides is 1. The molecule has 0 fully saturated rings. The number of rotatable bonds is 8. The molecule has 26 heavy (non-hydrogen) atoms. The SMILES string of the molecule is COc1ccc(OCCNC(=O)c2ccc(Cn3cncn3)cc2)cc1. The van der Waals surface area contributed by atoms with Gasteiger partial charge in [-0.15, -0.1) is 0 Å². The van der Waals surface area contributed by atoms with Gasteiger partial charge >= 0.3 is 0 Å². The number of carbonyl (C=O) groups excluding carboxylic acids is 1. The Morgan fingerprint density at radius 3 is 2.46 bits per heavy atom. The van der Waals surface area contributed by atoms with Crippen LogP contribution in [0.2, 0.25) is 0 Å². The predicted molar refractivity (Wildman–Crippen MR) is 96.4 cm³/mol. The second-order valence-corrected chi connectivity index (χ2v) is 5.57. The van der Waals surface area contributed by atoms with Gasteiger partial charge in [0.05, 0.1) is 20.2 Å². The Morgan fingerprint density at radius 1 is 1.08 bits per heavy atom. The summed E-state index contributed by atoms with van der Waals surface area (Å²) in [7, 11) is 1.62. The zero-order valence-electron chi connectivity index (χ0n) is 14.5. The maximum atomic E-state index is 12.2.